The van der Waals surface area contributed by atoms with Gasteiger partial charge in [-0.3, -0.25) is 0 Å². The third-order valence-corrected chi connectivity index (χ3v) is 3.24. The standard InChI is InChI=1S/C20H27BO3/c1-19(2,3)23-17-11-7-15(8-12-17)21(22)16-9-13-18(14-10-16)24-20(4,5)6/h7-14,22H,1-6H3. The molecular weight excluding hydrogens is 299 g/mol. The summed E-state index contributed by atoms with van der Waals surface area (Å²) in [6, 6.07) is 15.1. The monoisotopic (exact) mass is 326 g/mol. The van der Waals surface area contributed by atoms with E-state index in [-0.39, 0.29) is 11.2 Å². The van der Waals surface area contributed by atoms with Crippen LogP contribution in [0, 0.1) is 0 Å². The summed E-state index contributed by atoms with van der Waals surface area (Å²) in [7, 11) is 0. The molecular formula is C20H27BO3. The Morgan fingerprint density at radius 3 is 1.17 bits per heavy atom. The largest absolute Gasteiger partial charge is 0.488 e. The molecule has 0 aromatic heterocycles. The van der Waals surface area contributed by atoms with Crippen molar-refractivity contribution in [2.45, 2.75) is 52.7 Å². The van der Waals surface area contributed by atoms with Gasteiger partial charge in [-0.1, -0.05) is 24.3 Å². The lowest BCUT2D eigenvalue weighted by atomic mass is 9.56. The van der Waals surface area contributed by atoms with Crippen LogP contribution in [-0.4, -0.2) is 23.1 Å². The number of hydrogen-bond acceptors (Lipinski definition) is 3. The third-order valence-electron chi connectivity index (χ3n) is 3.24. The van der Waals surface area contributed by atoms with Crippen LogP contribution in [0.25, 0.3) is 0 Å². The summed E-state index contributed by atoms with van der Waals surface area (Å²) >= 11 is 0. The highest BCUT2D eigenvalue weighted by atomic mass is 16.5. The van der Waals surface area contributed by atoms with E-state index in [1.165, 1.54) is 0 Å². The Morgan fingerprint density at radius 1 is 0.625 bits per heavy atom. The molecule has 0 bridgehead atoms. The average molecular weight is 326 g/mol. The molecule has 0 aliphatic heterocycles. The first-order chi connectivity index (χ1) is 11.0. The molecule has 128 valence electrons. The normalized spacial score (nSPS) is 12.0. The number of rotatable bonds is 4. The summed E-state index contributed by atoms with van der Waals surface area (Å²) in [5.41, 5.74) is 1.20. The van der Waals surface area contributed by atoms with Gasteiger partial charge in [0.25, 0.3) is 0 Å². The topological polar surface area (TPSA) is 38.7 Å². The van der Waals surface area contributed by atoms with Crippen LogP contribution in [0.3, 0.4) is 0 Å². The Bertz CT molecular complexity index is 590. The smallest absolute Gasteiger partial charge is 0.358 e. The van der Waals surface area contributed by atoms with E-state index in [0.717, 1.165) is 22.4 Å². The highest BCUT2D eigenvalue weighted by molar-refractivity contribution is 6.78. The zero-order valence-electron chi connectivity index (χ0n) is 15.5. The second-order valence-electron chi connectivity index (χ2n) is 7.97. The molecule has 0 atom stereocenters. The molecule has 0 radical (unpaired) electrons. The molecule has 2 aromatic carbocycles. The van der Waals surface area contributed by atoms with Gasteiger partial charge in [0.2, 0.25) is 0 Å². The maximum absolute atomic E-state index is 10.6. The molecule has 0 aliphatic carbocycles. The molecule has 4 heteroatoms. The fraction of sp³-hybridized carbons (Fsp3) is 0.400. The van der Waals surface area contributed by atoms with Crippen molar-refractivity contribution in [3.63, 3.8) is 0 Å². The van der Waals surface area contributed by atoms with Gasteiger partial charge in [0.15, 0.2) is 0 Å². The summed E-state index contributed by atoms with van der Waals surface area (Å²) in [6.07, 6.45) is 0. The molecule has 24 heavy (non-hydrogen) atoms. The molecule has 0 aliphatic rings. The van der Waals surface area contributed by atoms with Gasteiger partial charge in [0, 0.05) is 0 Å². The fourth-order valence-corrected chi connectivity index (χ4v) is 2.34. The van der Waals surface area contributed by atoms with Crippen molar-refractivity contribution < 1.29 is 14.5 Å². The lowest BCUT2D eigenvalue weighted by Gasteiger charge is -2.22. The van der Waals surface area contributed by atoms with E-state index >= 15 is 0 Å². The van der Waals surface area contributed by atoms with Crippen LogP contribution < -0.4 is 20.4 Å². The Hall–Kier alpha value is -1.94. The Labute approximate surface area is 145 Å². The fourth-order valence-electron chi connectivity index (χ4n) is 2.34. The van der Waals surface area contributed by atoms with Crippen molar-refractivity contribution in [1.29, 1.82) is 0 Å². The minimum Gasteiger partial charge on any atom is -0.488 e. The predicted octanol–water partition coefficient (Wildman–Crippen LogP) is 3.14. The van der Waals surface area contributed by atoms with E-state index in [1.54, 1.807) is 0 Å². The molecule has 0 saturated heterocycles. The van der Waals surface area contributed by atoms with Gasteiger partial charge >= 0.3 is 6.92 Å². The maximum atomic E-state index is 10.6. The van der Waals surface area contributed by atoms with Crippen molar-refractivity contribution in [3.8, 4) is 11.5 Å². The van der Waals surface area contributed by atoms with E-state index in [9.17, 15) is 5.02 Å². The molecule has 0 fully saturated rings. The zero-order chi connectivity index (χ0) is 18.0. The van der Waals surface area contributed by atoms with Crippen LogP contribution in [0.1, 0.15) is 41.5 Å². The molecule has 0 spiro atoms. The van der Waals surface area contributed by atoms with Crippen molar-refractivity contribution in [3.05, 3.63) is 48.5 Å². The summed E-state index contributed by atoms with van der Waals surface area (Å²) in [4.78, 5) is 0. The molecule has 0 saturated carbocycles. The molecule has 2 rings (SSSR count). The second kappa shape index (κ2) is 6.90. The Balaban J connectivity index is 2.09. The summed E-state index contributed by atoms with van der Waals surface area (Å²) < 4.78 is 11.6. The first-order valence-corrected chi connectivity index (χ1v) is 8.29. The van der Waals surface area contributed by atoms with Gasteiger partial charge in [0.05, 0.1) is 0 Å². The van der Waals surface area contributed by atoms with Crippen molar-refractivity contribution in [1.82, 2.24) is 0 Å². The lowest BCUT2D eigenvalue weighted by molar-refractivity contribution is 0.130. The van der Waals surface area contributed by atoms with E-state index in [2.05, 4.69) is 0 Å². The van der Waals surface area contributed by atoms with Crippen molar-refractivity contribution in [2.75, 3.05) is 0 Å². The van der Waals surface area contributed by atoms with Crippen molar-refractivity contribution >= 4 is 17.8 Å². The minimum absolute atomic E-state index is 0.233. The van der Waals surface area contributed by atoms with Crippen molar-refractivity contribution in [2.24, 2.45) is 0 Å². The molecule has 0 amide bonds. The van der Waals surface area contributed by atoms with Gasteiger partial charge in [-0.25, -0.2) is 0 Å². The predicted molar refractivity (Wildman–Crippen MR) is 101 cm³/mol. The van der Waals surface area contributed by atoms with E-state index < -0.39 is 6.92 Å². The van der Waals surface area contributed by atoms with Crippen LogP contribution in [-0.2, 0) is 0 Å². The number of benzene rings is 2. The first kappa shape index (κ1) is 18.4. The minimum atomic E-state index is -0.669. The second-order valence-corrected chi connectivity index (χ2v) is 7.97. The van der Waals surface area contributed by atoms with E-state index in [4.69, 9.17) is 9.47 Å². The van der Waals surface area contributed by atoms with E-state index in [0.29, 0.717) is 0 Å². The summed E-state index contributed by atoms with van der Waals surface area (Å²) in [5.74, 6) is 1.60. The number of hydrogen-bond donors (Lipinski definition) is 1. The average Bonchev–Trinajstić information content (AvgIpc) is 2.45. The lowest BCUT2D eigenvalue weighted by Crippen LogP contribution is -2.42. The maximum Gasteiger partial charge on any atom is 0.358 e. The zero-order valence-corrected chi connectivity index (χ0v) is 15.5. The van der Waals surface area contributed by atoms with Gasteiger partial charge in [-0.15, -0.1) is 0 Å². The molecule has 3 nitrogen and oxygen atoms in total. The first-order valence-electron chi connectivity index (χ1n) is 8.29. The quantitative estimate of drug-likeness (QED) is 0.878. The summed E-state index contributed by atoms with van der Waals surface area (Å²) in [5, 5.41) is 10.6. The molecule has 1 N–H and O–H groups in total. The van der Waals surface area contributed by atoms with Crippen LogP contribution in [0.15, 0.2) is 48.5 Å². The molecule has 0 unspecified atom stereocenters. The van der Waals surface area contributed by atoms with Crippen LogP contribution >= 0.6 is 0 Å². The Morgan fingerprint density at radius 2 is 0.917 bits per heavy atom. The van der Waals surface area contributed by atoms with E-state index in [1.807, 2.05) is 90.1 Å². The van der Waals surface area contributed by atoms with Crippen LogP contribution in [0.2, 0.25) is 0 Å². The molecule has 2 aromatic rings. The van der Waals surface area contributed by atoms with Gasteiger partial charge < -0.3 is 14.5 Å². The van der Waals surface area contributed by atoms with Crippen LogP contribution in [0.5, 0.6) is 11.5 Å². The molecule has 0 heterocycles. The third kappa shape index (κ3) is 5.61. The van der Waals surface area contributed by atoms with Gasteiger partial charge in [-0.05, 0) is 76.7 Å². The SMILES string of the molecule is CC(C)(C)Oc1ccc(B(O)c2ccc(OC(C)(C)C)cc2)cc1. The van der Waals surface area contributed by atoms with Gasteiger partial charge in [-0.2, -0.15) is 0 Å². The highest BCUT2D eigenvalue weighted by Crippen LogP contribution is 2.17. The highest BCUT2D eigenvalue weighted by Gasteiger charge is 2.19. The van der Waals surface area contributed by atoms with Gasteiger partial charge in [0.1, 0.15) is 22.7 Å². The van der Waals surface area contributed by atoms with Crippen LogP contribution in [0.4, 0.5) is 0 Å². The Kier molecular flexibility index (Phi) is 5.29. The summed E-state index contributed by atoms with van der Waals surface area (Å²) in [6.45, 7) is 11.4. The number of ether oxygens (including phenoxy) is 2.